The van der Waals surface area contributed by atoms with Crippen LogP contribution < -0.4 is 5.32 Å². The standard InChI is InChI=1S/C23H22F4N4O2/c1-13(20-29-18-4-2-3-5-19(18)31(20)23(26)27)28-21(32)14-8-10-30(11-9-14)22(33)16-7-6-15(24)12-17(16)25/h2-7,12-14,23H,8-11H2,1H3,(H,28,32). The molecular weight excluding hydrogens is 440 g/mol. The molecule has 1 atom stereocenters. The van der Waals surface area contributed by atoms with Crippen LogP contribution in [0.5, 0.6) is 0 Å². The Morgan fingerprint density at radius 2 is 1.79 bits per heavy atom. The molecule has 1 N–H and O–H groups in total. The quantitative estimate of drug-likeness (QED) is 0.570. The van der Waals surface area contributed by atoms with Crippen LogP contribution in [-0.4, -0.2) is 39.4 Å². The summed E-state index contributed by atoms with van der Waals surface area (Å²) < 4.78 is 55.2. The van der Waals surface area contributed by atoms with E-state index in [9.17, 15) is 27.2 Å². The van der Waals surface area contributed by atoms with Crippen molar-refractivity contribution in [3.05, 3.63) is 65.5 Å². The van der Waals surface area contributed by atoms with Crippen LogP contribution in [0.4, 0.5) is 17.6 Å². The third kappa shape index (κ3) is 4.55. The Kier molecular flexibility index (Phi) is 6.35. The highest BCUT2D eigenvalue weighted by molar-refractivity contribution is 5.94. The van der Waals surface area contributed by atoms with Gasteiger partial charge in [0.1, 0.15) is 17.5 Å². The van der Waals surface area contributed by atoms with Gasteiger partial charge in [0.2, 0.25) is 5.91 Å². The number of hydrogen-bond donors (Lipinski definition) is 1. The Labute approximate surface area is 187 Å². The van der Waals surface area contributed by atoms with Crippen LogP contribution in [0, 0.1) is 17.6 Å². The summed E-state index contributed by atoms with van der Waals surface area (Å²) in [6, 6.07) is 8.53. The van der Waals surface area contributed by atoms with Crippen LogP contribution in [-0.2, 0) is 4.79 Å². The molecule has 4 rings (SSSR count). The molecule has 174 valence electrons. The molecule has 1 aliphatic heterocycles. The molecular formula is C23H22F4N4O2. The molecule has 0 aliphatic carbocycles. The first-order valence-electron chi connectivity index (χ1n) is 10.6. The van der Waals surface area contributed by atoms with Crippen LogP contribution in [0.15, 0.2) is 42.5 Å². The zero-order valence-corrected chi connectivity index (χ0v) is 17.8. The average Bonchev–Trinajstić information content (AvgIpc) is 3.19. The van der Waals surface area contributed by atoms with E-state index in [2.05, 4.69) is 10.3 Å². The third-order valence-corrected chi connectivity index (χ3v) is 5.88. The maximum Gasteiger partial charge on any atom is 0.320 e. The van der Waals surface area contributed by atoms with Crippen LogP contribution >= 0.6 is 0 Å². The van der Waals surface area contributed by atoms with Gasteiger partial charge in [-0.1, -0.05) is 12.1 Å². The molecule has 1 aromatic heterocycles. The molecule has 1 unspecified atom stereocenters. The second-order valence-corrected chi connectivity index (χ2v) is 8.03. The summed E-state index contributed by atoms with van der Waals surface area (Å²) in [7, 11) is 0. The van der Waals surface area contributed by atoms with Gasteiger partial charge in [-0.15, -0.1) is 0 Å². The Morgan fingerprint density at radius 3 is 2.45 bits per heavy atom. The monoisotopic (exact) mass is 462 g/mol. The van der Waals surface area contributed by atoms with Gasteiger partial charge in [0.05, 0.1) is 22.6 Å². The van der Waals surface area contributed by atoms with Crippen molar-refractivity contribution in [2.45, 2.75) is 32.4 Å². The summed E-state index contributed by atoms with van der Waals surface area (Å²) in [5.74, 6) is -2.97. The predicted octanol–water partition coefficient (Wildman–Crippen LogP) is 4.44. The summed E-state index contributed by atoms with van der Waals surface area (Å²) in [5.41, 5.74) is 0.469. The van der Waals surface area contributed by atoms with E-state index in [-0.39, 0.29) is 35.9 Å². The van der Waals surface area contributed by atoms with E-state index in [1.54, 1.807) is 31.2 Å². The van der Waals surface area contributed by atoms with Gasteiger partial charge in [-0.3, -0.25) is 14.2 Å². The molecule has 1 aliphatic rings. The molecule has 10 heteroatoms. The van der Waals surface area contributed by atoms with E-state index in [1.807, 2.05) is 0 Å². The number of halogens is 4. The van der Waals surface area contributed by atoms with E-state index in [4.69, 9.17) is 0 Å². The Morgan fingerprint density at radius 1 is 1.09 bits per heavy atom. The molecule has 0 radical (unpaired) electrons. The molecule has 2 aromatic carbocycles. The van der Waals surface area contributed by atoms with Crippen LogP contribution in [0.2, 0.25) is 0 Å². The van der Waals surface area contributed by atoms with Crippen LogP contribution in [0.3, 0.4) is 0 Å². The number of rotatable bonds is 5. The minimum Gasteiger partial charge on any atom is -0.346 e. The number of para-hydroxylation sites is 2. The lowest BCUT2D eigenvalue weighted by Crippen LogP contribution is -2.43. The van der Waals surface area contributed by atoms with Crippen molar-refractivity contribution < 1.29 is 27.2 Å². The largest absolute Gasteiger partial charge is 0.346 e. The molecule has 0 spiro atoms. The Hall–Kier alpha value is -3.43. The van der Waals surface area contributed by atoms with Crippen molar-refractivity contribution in [2.24, 2.45) is 5.92 Å². The molecule has 33 heavy (non-hydrogen) atoms. The predicted molar refractivity (Wildman–Crippen MR) is 113 cm³/mol. The smallest absolute Gasteiger partial charge is 0.320 e. The number of amides is 2. The zero-order valence-electron chi connectivity index (χ0n) is 17.8. The van der Waals surface area contributed by atoms with Gasteiger partial charge in [0.25, 0.3) is 5.91 Å². The lowest BCUT2D eigenvalue weighted by atomic mass is 9.95. The summed E-state index contributed by atoms with van der Waals surface area (Å²) in [6.07, 6.45) is 0.663. The zero-order chi connectivity index (χ0) is 23.7. The van der Waals surface area contributed by atoms with Gasteiger partial charge in [-0.2, -0.15) is 8.78 Å². The average molecular weight is 462 g/mol. The van der Waals surface area contributed by atoms with E-state index >= 15 is 0 Å². The van der Waals surface area contributed by atoms with E-state index in [0.29, 0.717) is 24.4 Å². The maximum atomic E-state index is 13.9. The number of likely N-dealkylation sites (tertiary alicyclic amines) is 1. The molecule has 1 fully saturated rings. The fraction of sp³-hybridized carbons (Fsp3) is 0.348. The summed E-state index contributed by atoms with van der Waals surface area (Å²) in [4.78, 5) is 31.0. The van der Waals surface area contributed by atoms with E-state index < -0.39 is 36.1 Å². The number of fused-ring (bicyclic) bond motifs is 1. The molecule has 3 aromatic rings. The number of aromatic nitrogens is 2. The van der Waals surface area contributed by atoms with Crippen molar-refractivity contribution in [1.82, 2.24) is 19.8 Å². The number of nitrogens with zero attached hydrogens (tertiary/aromatic N) is 3. The second-order valence-electron chi connectivity index (χ2n) is 8.03. The third-order valence-electron chi connectivity index (χ3n) is 5.88. The van der Waals surface area contributed by atoms with Crippen molar-refractivity contribution in [1.29, 1.82) is 0 Å². The number of hydrogen-bond acceptors (Lipinski definition) is 3. The highest BCUT2D eigenvalue weighted by atomic mass is 19.3. The first-order chi connectivity index (χ1) is 15.8. The van der Waals surface area contributed by atoms with Crippen LogP contribution in [0.1, 0.15) is 48.5 Å². The van der Waals surface area contributed by atoms with E-state index in [0.717, 1.165) is 16.7 Å². The fourth-order valence-corrected chi connectivity index (χ4v) is 4.15. The van der Waals surface area contributed by atoms with Gasteiger partial charge >= 0.3 is 6.55 Å². The fourth-order valence-electron chi connectivity index (χ4n) is 4.15. The number of benzene rings is 2. The topological polar surface area (TPSA) is 67.2 Å². The van der Waals surface area contributed by atoms with E-state index in [1.165, 1.54) is 4.90 Å². The van der Waals surface area contributed by atoms with Crippen molar-refractivity contribution in [3.8, 4) is 0 Å². The number of piperidine rings is 1. The maximum absolute atomic E-state index is 13.9. The first-order valence-corrected chi connectivity index (χ1v) is 10.6. The molecule has 2 amide bonds. The molecule has 1 saturated heterocycles. The highest BCUT2D eigenvalue weighted by Crippen LogP contribution is 2.27. The highest BCUT2D eigenvalue weighted by Gasteiger charge is 2.31. The van der Waals surface area contributed by atoms with Crippen molar-refractivity contribution >= 4 is 22.8 Å². The van der Waals surface area contributed by atoms with Crippen LogP contribution in [0.25, 0.3) is 11.0 Å². The van der Waals surface area contributed by atoms with Gasteiger partial charge in [-0.05, 0) is 44.0 Å². The summed E-state index contributed by atoms with van der Waals surface area (Å²) in [6.45, 7) is -0.781. The number of nitrogens with one attached hydrogen (secondary N) is 1. The minimum atomic E-state index is -2.81. The van der Waals surface area contributed by atoms with Crippen molar-refractivity contribution in [3.63, 3.8) is 0 Å². The first kappa shape index (κ1) is 22.8. The summed E-state index contributed by atoms with van der Waals surface area (Å²) >= 11 is 0. The van der Waals surface area contributed by atoms with Crippen molar-refractivity contribution in [2.75, 3.05) is 13.1 Å². The minimum absolute atomic E-state index is 0.0546. The van der Waals surface area contributed by atoms with Gasteiger partial charge < -0.3 is 10.2 Å². The molecule has 6 nitrogen and oxygen atoms in total. The molecule has 0 saturated carbocycles. The summed E-state index contributed by atoms with van der Waals surface area (Å²) in [5, 5.41) is 2.75. The normalized spacial score (nSPS) is 15.8. The number of alkyl halides is 2. The number of carbonyl (C=O) groups is 2. The SMILES string of the molecule is CC(NC(=O)C1CCN(C(=O)c2ccc(F)cc2F)CC1)c1nc2ccccc2n1C(F)F. The molecule has 0 bridgehead atoms. The van der Waals surface area contributed by atoms with Gasteiger partial charge in [-0.25, -0.2) is 13.8 Å². The lowest BCUT2D eigenvalue weighted by Gasteiger charge is -2.32. The van der Waals surface area contributed by atoms with Gasteiger partial charge in [0.15, 0.2) is 0 Å². The number of carbonyl (C=O) groups excluding carboxylic acids is 2. The Bertz CT molecular complexity index is 1190. The molecule has 2 heterocycles. The second kappa shape index (κ2) is 9.21. The number of imidazole rings is 1. The van der Waals surface area contributed by atoms with Gasteiger partial charge in [0, 0.05) is 25.1 Å². The Balaban J connectivity index is 1.40. The lowest BCUT2D eigenvalue weighted by molar-refractivity contribution is -0.127.